The largest absolute Gasteiger partial charge is 0.481 e. The van der Waals surface area contributed by atoms with Crippen LogP contribution in [0.15, 0.2) is 36.5 Å². The van der Waals surface area contributed by atoms with E-state index in [2.05, 4.69) is 15.3 Å². The molecule has 0 saturated heterocycles. The van der Waals surface area contributed by atoms with Gasteiger partial charge in [-0.3, -0.25) is 0 Å². The summed E-state index contributed by atoms with van der Waals surface area (Å²) in [6.45, 7) is 0. The quantitative estimate of drug-likeness (QED) is 0.913. The third kappa shape index (κ3) is 4.94. The molecule has 0 saturated carbocycles. The number of nitrogens with one attached hydrogen (secondary N) is 1. The van der Waals surface area contributed by atoms with Crippen LogP contribution < -0.4 is 10.1 Å². The first-order valence-electron chi connectivity index (χ1n) is 6.26. The van der Waals surface area contributed by atoms with Crippen molar-refractivity contribution in [2.45, 2.75) is 19.0 Å². The van der Waals surface area contributed by atoms with Gasteiger partial charge >= 0.3 is 6.18 Å². The number of rotatable bonds is 5. The second-order valence-corrected chi connectivity index (χ2v) is 4.36. The lowest BCUT2D eigenvalue weighted by Gasteiger charge is -2.09. The summed E-state index contributed by atoms with van der Waals surface area (Å²) in [5, 5.41) is 2.93. The lowest BCUT2D eigenvalue weighted by molar-refractivity contribution is -0.133. The van der Waals surface area contributed by atoms with Crippen LogP contribution in [-0.2, 0) is 6.42 Å². The van der Waals surface area contributed by atoms with Crippen LogP contribution >= 0.6 is 0 Å². The van der Waals surface area contributed by atoms with Gasteiger partial charge in [-0.25, -0.2) is 4.98 Å². The highest BCUT2D eigenvalue weighted by Crippen LogP contribution is 2.23. The van der Waals surface area contributed by atoms with Crippen molar-refractivity contribution in [3.05, 3.63) is 42.1 Å². The van der Waals surface area contributed by atoms with E-state index in [4.69, 9.17) is 4.74 Å². The number of nitrogens with zero attached hydrogens (tertiary/aromatic N) is 2. The number of methoxy groups -OCH3 is 1. The van der Waals surface area contributed by atoms with E-state index in [9.17, 15) is 13.2 Å². The Morgan fingerprint density at radius 2 is 2.05 bits per heavy atom. The first kappa shape index (κ1) is 15.1. The summed E-state index contributed by atoms with van der Waals surface area (Å²) in [7, 11) is 1.49. The van der Waals surface area contributed by atoms with Crippen molar-refractivity contribution in [3.8, 4) is 5.88 Å². The van der Waals surface area contributed by atoms with Gasteiger partial charge in [0.15, 0.2) is 0 Å². The number of aryl methyl sites for hydroxylation is 1. The second kappa shape index (κ2) is 6.43. The molecule has 0 aliphatic rings. The topological polar surface area (TPSA) is 47.0 Å². The number of ether oxygens (including phenoxy) is 1. The van der Waals surface area contributed by atoms with Gasteiger partial charge in [-0.1, -0.05) is 12.1 Å². The first-order valence-corrected chi connectivity index (χ1v) is 6.26. The average Bonchev–Trinajstić information content (AvgIpc) is 2.45. The number of benzene rings is 1. The summed E-state index contributed by atoms with van der Waals surface area (Å²) in [4.78, 5) is 8.09. The molecule has 2 aromatic rings. The fraction of sp³-hybridized carbons (Fsp3) is 0.286. The van der Waals surface area contributed by atoms with Gasteiger partial charge in [0.25, 0.3) is 0 Å². The molecule has 1 heterocycles. The van der Waals surface area contributed by atoms with Crippen molar-refractivity contribution in [1.29, 1.82) is 0 Å². The maximum atomic E-state index is 12.2. The van der Waals surface area contributed by atoms with E-state index in [1.165, 1.54) is 13.3 Å². The smallest absolute Gasteiger partial charge is 0.389 e. The van der Waals surface area contributed by atoms with Crippen LogP contribution in [0.4, 0.5) is 24.8 Å². The minimum Gasteiger partial charge on any atom is -0.481 e. The number of halogens is 3. The molecule has 0 radical (unpaired) electrons. The zero-order valence-electron chi connectivity index (χ0n) is 11.3. The van der Waals surface area contributed by atoms with E-state index >= 15 is 0 Å². The summed E-state index contributed by atoms with van der Waals surface area (Å²) in [6, 6.07) is 8.33. The zero-order valence-corrected chi connectivity index (χ0v) is 11.3. The van der Waals surface area contributed by atoms with Gasteiger partial charge < -0.3 is 10.1 Å². The minimum atomic E-state index is -4.15. The molecule has 0 unspecified atom stereocenters. The summed E-state index contributed by atoms with van der Waals surface area (Å²) in [5.41, 5.74) is 1.23. The highest BCUT2D eigenvalue weighted by molar-refractivity contribution is 5.54. The molecule has 1 aromatic heterocycles. The summed E-state index contributed by atoms with van der Waals surface area (Å²) >= 11 is 0. The van der Waals surface area contributed by atoms with Crippen LogP contribution in [0.5, 0.6) is 5.88 Å². The predicted octanol–water partition coefficient (Wildman–Crippen LogP) is 3.72. The molecule has 21 heavy (non-hydrogen) atoms. The molecule has 7 heteroatoms. The molecule has 1 N–H and O–H groups in total. The van der Waals surface area contributed by atoms with E-state index in [1.54, 1.807) is 30.3 Å². The van der Waals surface area contributed by atoms with Crippen molar-refractivity contribution < 1.29 is 17.9 Å². The molecule has 1 aromatic carbocycles. The van der Waals surface area contributed by atoms with Crippen molar-refractivity contribution in [2.24, 2.45) is 0 Å². The lowest BCUT2D eigenvalue weighted by atomic mass is 10.1. The van der Waals surface area contributed by atoms with Crippen LogP contribution in [0.1, 0.15) is 12.0 Å². The highest BCUT2D eigenvalue weighted by Gasteiger charge is 2.26. The standard InChI is InChI=1S/C14H14F3N3O/c1-21-12-6-8-18-13(20-12)19-11-4-2-3-10(9-11)5-7-14(15,16)17/h2-4,6,8-9H,5,7H2,1H3,(H,18,19,20). The second-order valence-electron chi connectivity index (χ2n) is 4.36. The zero-order chi connectivity index (χ0) is 15.3. The van der Waals surface area contributed by atoms with Gasteiger partial charge in [-0.15, -0.1) is 0 Å². The Labute approximate surface area is 120 Å². The van der Waals surface area contributed by atoms with Crippen molar-refractivity contribution >= 4 is 11.6 Å². The molecule has 0 atom stereocenters. The lowest BCUT2D eigenvalue weighted by Crippen LogP contribution is -2.08. The molecule has 4 nitrogen and oxygen atoms in total. The molecule has 0 fully saturated rings. The third-order valence-corrected chi connectivity index (χ3v) is 2.72. The number of hydrogen-bond donors (Lipinski definition) is 1. The van der Waals surface area contributed by atoms with Gasteiger partial charge in [0.1, 0.15) is 0 Å². The van der Waals surface area contributed by atoms with Crippen LogP contribution in [0.25, 0.3) is 0 Å². The Hall–Kier alpha value is -2.31. The number of aromatic nitrogens is 2. The number of hydrogen-bond acceptors (Lipinski definition) is 4. The van der Waals surface area contributed by atoms with Gasteiger partial charge in [0.2, 0.25) is 11.8 Å². The van der Waals surface area contributed by atoms with Crippen LogP contribution in [0.3, 0.4) is 0 Å². The third-order valence-electron chi connectivity index (χ3n) is 2.72. The first-order chi connectivity index (χ1) is 9.96. The van der Waals surface area contributed by atoms with Gasteiger partial charge in [0.05, 0.1) is 7.11 Å². The summed E-state index contributed by atoms with van der Waals surface area (Å²) in [6.07, 6.45) is -3.52. The van der Waals surface area contributed by atoms with Crippen molar-refractivity contribution in [3.63, 3.8) is 0 Å². The maximum absolute atomic E-state index is 12.2. The molecule has 2 rings (SSSR count). The van der Waals surface area contributed by atoms with Crippen molar-refractivity contribution in [2.75, 3.05) is 12.4 Å². The summed E-state index contributed by atoms with van der Waals surface area (Å²) in [5.74, 6) is 0.725. The fourth-order valence-electron chi connectivity index (χ4n) is 1.74. The van der Waals surface area contributed by atoms with Crippen LogP contribution in [0.2, 0.25) is 0 Å². The Balaban J connectivity index is 2.06. The molecular weight excluding hydrogens is 283 g/mol. The Morgan fingerprint density at radius 3 is 2.76 bits per heavy atom. The molecule has 0 amide bonds. The van der Waals surface area contributed by atoms with Gasteiger partial charge in [-0.05, 0) is 24.1 Å². The number of anilines is 2. The Bertz CT molecular complexity index is 602. The number of alkyl halides is 3. The molecule has 0 aliphatic heterocycles. The van der Waals surface area contributed by atoms with E-state index in [1.807, 2.05) is 0 Å². The van der Waals surface area contributed by atoms with Gasteiger partial charge in [0, 0.05) is 24.4 Å². The molecular formula is C14H14F3N3O. The van der Waals surface area contributed by atoms with Crippen molar-refractivity contribution in [1.82, 2.24) is 9.97 Å². The van der Waals surface area contributed by atoms with Crippen LogP contribution in [-0.4, -0.2) is 23.3 Å². The van der Waals surface area contributed by atoms with E-state index in [-0.39, 0.29) is 6.42 Å². The Kier molecular flexibility index (Phi) is 4.62. The fourth-order valence-corrected chi connectivity index (χ4v) is 1.74. The van der Waals surface area contributed by atoms with Gasteiger partial charge in [-0.2, -0.15) is 18.2 Å². The Morgan fingerprint density at radius 1 is 1.24 bits per heavy atom. The SMILES string of the molecule is COc1ccnc(Nc2cccc(CCC(F)(F)F)c2)n1. The minimum absolute atomic E-state index is 0.0576. The van der Waals surface area contributed by atoms with E-state index < -0.39 is 12.6 Å². The monoisotopic (exact) mass is 297 g/mol. The maximum Gasteiger partial charge on any atom is 0.389 e. The summed E-state index contributed by atoms with van der Waals surface area (Å²) < 4.78 is 41.6. The predicted molar refractivity (Wildman–Crippen MR) is 72.7 cm³/mol. The molecule has 0 aliphatic carbocycles. The van der Waals surface area contributed by atoms with Crippen LogP contribution in [0, 0.1) is 0 Å². The molecule has 0 bridgehead atoms. The van der Waals surface area contributed by atoms with E-state index in [0.717, 1.165) is 0 Å². The molecule has 112 valence electrons. The van der Waals surface area contributed by atoms with E-state index in [0.29, 0.717) is 23.1 Å². The molecule has 0 spiro atoms. The average molecular weight is 297 g/mol. The normalized spacial score (nSPS) is 11.2. The highest BCUT2D eigenvalue weighted by atomic mass is 19.4.